The monoisotopic (exact) mass is 584 g/mol. The highest BCUT2D eigenvalue weighted by atomic mass is 16.5. The number of carbonyl (C=O) groups excluding carboxylic acids is 2. The molecule has 0 bridgehead atoms. The number of ketones is 2. The van der Waals surface area contributed by atoms with Crippen molar-refractivity contribution in [2.75, 3.05) is 19.8 Å². The smallest absolute Gasteiger partial charge is 0.203 e. The molecule has 0 atom stereocenters. The standard InChI is InChI=1S/C37H60O5/c1-6-9-12-15-18-21-26-40-35-29-33(24-25-34(31(4)38)32(5)39)30-36(41-27-22-19-16-13-10-7-2)37(35)42-28-23-20-17-14-11-8-3/h29-30,34H,6-23,26-28H2,1-5H3. The van der Waals surface area contributed by atoms with Gasteiger partial charge in [0.1, 0.15) is 5.92 Å². The molecule has 1 aromatic rings. The van der Waals surface area contributed by atoms with E-state index in [-0.39, 0.29) is 11.6 Å². The van der Waals surface area contributed by atoms with E-state index in [0.717, 1.165) is 38.5 Å². The largest absolute Gasteiger partial charge is 0.490 e. The van der Waals surface area contributed by atoms with E-state index >= 15 is 0 Å². The van der Waals surface area contributed by atoms with E-state index in [1.165, 1.54) is 90.9 Å². The van der Waals surface area contributed by atoms with Crippen molar-refractivity contribution in [3.05, 3.63) is 17.7 Å². The minimum absolute atomic E-state index is 0.243. The van der Waals surface area contributed by atoms with Crippen molar-refractivity contribution in [2.45, 2.75) is 150 Å². The van der Waals surface area contributed by atoms with E-state index in [1.54, 1.807) is 0 Å². The quantitative estimate of drug-likeness (QED) is 0.0616. The molecule has 0 amide bonds. The van der Waals surface area contributed by atoms with Crippen molar-refractivity contribution in [3.63, 3.8) is 0 Å². The highest BCUT2D eigenvalue weighted by Gasteiger charge is 2.18. The maximum absolute atomic E-state index is 12.0. The normalized spacial score (nSPS) is 10.8. The lowest BCUT2D eigenvalue weighted by molar-refractivity contribution is -0.127. The zero-order chi connectivity index (χ0) is 30.8. The van der Waals surface area contributed by atoms with Gasteiger partial charge in [-0.2, -0.15) is 0 Å². The molecule has 0 saturated heterocycles. The Morgan fingerprint density at radius 1 is 0.571 bits per heavy atom. The molecule has 0 N–H and O–H groups in total. The predicted molar refractivity (Wildman–Crippen MR) is 175 cm³/mol. The molecular formula is C37H60O5. The Labute approximate surface area is 257 Å². The van der Waals surface area contributed by atoms with Crippen LogP contribution >= 0.6 is 0 Å². The second-order valence-corrected chi connectivity index (χ2v) is 11.6. The van der Waals surface area contributed by atoms with Gasteiger partial charge in [0.25, 0.3) is 0 Å². The molecule has 0 aliphatic rings. The van der Waals surface area contributed by atoms with Crippen LogP contribution in [0.5, 0.6) is 17.2 Å². The number of rotatable bonds is 26. The van der Waals surface area contributed by atoms with E-state index in [4.69, 9.17) is 14.2 Å². The number of unbranched alkanes of at least 4 members (excludes halogenated alkanes) is 15. The van der Waals surface area contributed by atoms with Gasteiger partial charge >= 0.3 is 0 Å². The maximum Gasteiger partial charge on any atom is 0.203 e. The second-order valence-electron chi connectivity index (χ2n) is 11.6. The van der Waals surface area contributed by atoms with Crippen LogP contribution in [0.4, 0.5) is 0 Å². The van der Waals surface area contributed by atoms with Crippen LogP contribution in [-0.4, -0.2) is 31.4 Å². The van der Waals surface area contributed by atoms with Crippen LogP contribution in [0.15, 0.2) is 12.1 Å². The summed E-state index contributed by atoms with van der Waals surface area (Å²) in [4.78, 5) is 23.9. The molecule has 0 fully saturated rings. The van der Waals surface area contributed by atoms with E-state index in [2.05, 4.69) is 32.6 Å². The molecule has 238 valence electrons. The van der Waals surface area contributed by atoms with Gasteiger partial charge in [-0.15, -0.1) is 0 Å². The lowest BCUT2D eigenvalue weighted by atomic mass is 10.0. The van der Waals surface area contributed by atoms with Gasteiger partial charge in [0.2, 0.25) is 5.75 Å². The van der Waals surface area contributed by atoms with E-state index < -0.39 is 5.92 Å². The summed E-state index contributed by atoms with van der Waals surface area (Å²) in [5.74, 6) is 6.41. The molecule has 0 aliphatic heterocycles. The SMILES string of the molecule is CCCCCCCCOc1cc(C#CC(C(C)=O)C(C)=O)cc(OCCCCCCCC)c1OCCCCCCCC. The van der Waals surface area contributed by atoms with Gasteiger partial charge in [0, 0.05) is 5.56 Å². The Morgan fingerprint density at radius 3 is 1.31 bits per heavy atom. The van der Waals surface area contributed by atoms with E-state index in [0.29, 0.717) is 42.6 Å². The van der Waals surface area contributed by atoms with Crippen LogP contribution < -0.4 is 14.2 Å². The van der Waals surface area contributed by atoms with Gasteiger partial charge in [-0.05, 0) is 45.2 Å². The average Bonchev–Trinajstić information content (AvgIpc) is 2.96. The first kappa shape index (κ1) is 37.5. The third kappa shape index (κ3) is 17.5. The van der Waals surface area contributed by atoms with Gasteiger partial charge < -0.3 is 14.2 Å². The Balaban J connectivity index is 3.13. The molecule has 1 aromatic carbocycles. The Morgan fingerprint density at radius 2 is 0.929 bits per heavy atom. The Kier molecular flexibility index (Phi) is 22.4. The summed E-state index contributed by atoms with van der Waals surface area (Å²) in [6, 6.07) is 3.74. The van der Waals surface area contributed by atoms with Gasteiger partial charge in [-0.25, -0.2) is 0 Å². The van der Waals surface area contributed by atoms with Crippen molar-refractivity contribution in [3.8, 4) is 29.1 Å². The van der Waals surface area contributed by atoms with Crippen LogP contribution in [0.1, 0.15) is 156 Å². The average molecular weight is 585 g/mol. The third-order valence-corrected chi connectivity index (χ3v) is 7.45. The number of benzene rings is 1. The molecule has 42 heavy (non-hydrogen) atoms. The molecule has 0 radical (unpaired) electrons. The number of carbonyl (C=O) groups is 2. The van der Waals surface area contributed by atoms with Gasteiger partial charge in [0.15, 0.2) is 23.1 Å². The summed E-state index contributed by atoms with van der Waals surface area (Å²) in [5, 5.41) is 0. The van der Waals surface area contributed by atoms with E-state index in [9.17, 15) is 9.59 Å². The Bertz CT molecular complexity index is 873. The topological polar surface area (TPSA) is 61.8 Å². The van der Waals surface area contributed by atoms with Gasteiger partial charge in [-0.3, -0.25) is 9.59 Å². The first-order valence-corrected chi connectivity index (χ1v) is 17.0. The molecule has 0 heterocycles. The van der Waals surface area contributed by atoms with Crippen LogP contribution in [0.3, 0.4) is 0 Å². The molecular weight excluding hydrogens is 524 g/mol. The number of Topliss-reactive ketones (excluding diaryl/α,β-unsaturated/α-hetero) is 2. The summed E-state index contributed by atoms with van der Waals surface area (Å²) in [6.07, 6.45) is 21.3. The number of hydrogen-bond acceptors (Lipinski definition) is 5. The fourth-order valence-electron chi connectivity index (χ4n) is 4.84. The number of hydrogen-bond donors (Lipinski definition) is 0. The first-order chi connectivity index (χ1) is 20.4. The van der Waals surface area contributed by atoms with Gasteiger partial charge in [-0.1, -0.05) is 129 Å². The molecule has 0 aliphatic carbocycles. The van der Waals surface area contributed by atoms with Crippen molar-refractivity contribution >= 4 is 11.6 Å². The summed E-state index contributed by atoms with van der Waals surface area (Å²) in [5.41, 5.74) is 0.658. The highest BCUT2D eigenvalue weighted by Crippen LogP contribution is 2.39. The van der Waals surface area contributed by atoms with Crippen LogP contribution in [-0.2, 0) is 9.59 Å². The minimum atomic E-state index is -0.923. The Hall–Kier alpha value is -2.48. The molecule has 0 unspecified atom stereocenters. The summed E-state index contributed by atoms with van der Waals surface area (Å²) in [6.45, 7) is 11.3. The van der Waals surface area contributed by atoms with Crippen molar-refractivity contribution in [1.82, 2.24) is 0 Å². The van der Waals surface area contributed by atoms with Crippen LogP contribution in [0, 0.1) is 17.8 Å². The molecule has 1 rings (SSSR count). The zero-order valence-corrected chi connectivity index (χ0v) is 27.6. The fourth-order valence-corrected chi connectivity index (χ4v) is 4.84. The summed E-state index contributed by atoms with van der Waals surface area (Å²) in [7, 11) is 0. The van der Waals surface area contributed by atoms with Gasteiger partial charge in [0.05, 0.1) is 19.8 Å². The molecule has 0 aromatic heterocycles. The lowest BCUT2D eigenvalue weighted by Gasteiger charge is -2.18. The molecule has 0 spiro atoms. The van der Waals surface area contributed by atoms with Crippen molar-refractivity contribution in [2.24, 2.45) is 5.92 Å². The molecule has 5 heteroatoms. The predicted octanol–water partition coefficient (Wildman–Crippen LogP) is 10.1. The molecule has 5 nitrogen and oxygen atoms in total. The van der Waals surface area contributed by atoms with Crippen molar-refractivity contribution < 1.29 is 23.8 Å². The second kappa shape index (κ2) is 25.1. The van der Waals surface area contributed by atoms with E-state index in [1.807, 2.05) is 12.1 Å². The third-order valence-electron chi connectivity index (χ3n) is 7.45. The molecule has 0 saturated carbocycles. The van der Waals surface area contributed by atoms with Crippen LogP contribution in [0.2, 0.25) is 0 Å². The fraction of sp³-hybridized carbons (Fsp3) is 0.730. The summed E-state index contributed by atoms with van der Waals surface area (Å²) >= 11 is 0. The lowest BCUT2D eigenvalue weighted by Crippen LogP contribution is -2.17. The zero-order valence-electron chi connectivity index (χ0n) is 27.6. The maximum atomic E-state index is 12.0. The highest BCUT2D eigenvalue weighted by molar-refractivity contribution is 6.03. The minimum Gasteiger partial charge on any atom is -0.490 e. The van der Waals surface area contributed by atoms with Crippen molar-refractivity contribution in [1.29, 1.82) is 0 Å². The number of ether oxygens (including phenoxy) is 3. The summed E-state index contributed by atoms with van der Waals surface area (Å²) < 4.78 is 18.9. The van der Waals surface area contributed by atoms with Crippen LogP contribution in [0.25, 0.3) is 0 Å². The first-order valence-electron chi connectivity index (χ1n) is 17.0.